The molecule has 2 heterocycles. The van der Waals surface area contributed by atoms with Gasteiger partial charge in [-0.1, -0.05) is 23.4 Å². The Morgan fingerprint density at radius 3 is 2.91 bits per heavy atom. The Kier molecular flexibility index (Phi) is 5.55. The lowest BCUT2D eigenvalue weighted by atomic mass is 10.2. The molecule has 122 valence electrons. The highest BCUT2D eigenvalue weighted by atomic mass is 35.5. The van der Waals surface area contributed by atoms with E-state index >= 15 is 0 Å². The van der Waals surface area contributed by atoms with Gasteiger partial charge in [0.15, 0.2) is 5.16 Å². The van der Waals surface area contributed by atoms with Crippen molar-refractivity contribution in [2.75, 3.05) is 18.8 Å². The van der Waals surface area contributed by atoms with Crippen molar-refractivity contribution in [2.45, 2.75) is 44.9 Å². The lowest BCUT2D eigenvalue weighted by molar-refractivity contribution is 0.0289. The molecule has 1 amide bonds. The molecule has 2 rings (SSSR count). The number of nitrogens with zero attached hydrogens (tertiary/aromatic N) is 3. The summed E-state index contributed by atoms with van der Waals surface area (Å²) in [6.07, 6.45) is 2.49. The Morgan fingerprint density at radius 1 is 1.55 bits per heavy atom. The molecule has 1 aliphatic heterocycles. The molecule has 0 radical (unpaired) electrons. The van der Waals surface area contributed by atoms with E-state index in [1.165, 1.54) is 0 Å². The molecule has 0 aliphatic carbocycles. The first-order valence-electron chi connectivity index (χ1n) is 7.34. The first-order chi connectivity index (χ1) is 10.2. The van der Waals surface area contributed by atoms with Crippen LogP contribution in [0.5, 0.6) is 0 Å². The first kappa shape index (κ1) is 17.3. The second-order valence-corrected chi connectivity index (χ2v) is 7.86. The zero-order valence-electron chi connectivity index (χ0n) is 13.4. The number of hydrogen-bond donors (Lipinski definition) is 0. The summed E-state index contributed by atoms with van der Waals surface area (Å²) in [5.41, 5.74) is 0.430. The Labute approximate surface area is 140 Å². The minimum absolute atomic E-state index is 0.227. The summed E-state index contributed by atoms with van der Waals surface area (Å²) in [6.45, 7) is 9.00. The van der Waals surface area contributed by atoms with Crippen LogP contribution in [0.1, 0.15) is 32.8 Å². The number of likely N-dealkylation sites (tertiary alicyclic amines) is 1. The van der Waals surface area contributed by atoms with E-state index in [-0.39, 0.29) is 6.09 Å². The van der Waals surface area contributed by atoms with E-state index in [0.717, 1.165) is 30.8 Å². The standard InChI is InChI=1S/C15H22ClN3O2S/c1-10-7-17-13(18-12(10)16)22-9-11-5-6-19(8-11)14(20)21-15(2,3)4/h7,11H,5-6,8-9H2,1-4H3/t11-/m0/s1. The van der Waals surface area contributed by atoms with Gasteiger partial charge in [0.25, 0.3) is 0 Å². The van der Waals surface area contributed by atoms with Gasteiger partial charge < -0.3 is 9.64 Å². The molecule has 0 N–H and O–H groups in total. The summed E-state index contributed by atoms with van der Waals surface area (Å²) in [6, 6.07) is 0. The first-order valence-corrected chi connectivity index (χ1v) is 8.71. The fourth-order valence-electron chi connectivity index (χ4n) is 2.13. The van der Waals surface area contributed by atoms with Gasteiger partial charge in [0, 0.05) is 30.6 Å². The van der Waals surface area contributed by atoms with E-state index in [0.29, 0.717) is 16.2 Å². The number of rotatable bonds is 3. The molecular weight excluding hydrogens is 322 g/mol. The minimum Gasteiger partial charge on any atom is -0.444 e. The van der Waals surface area contributed by atoms with Crippen LogP contribution in [0.3, 0.4) is 0 Å². The highest BCUT2D eigenvalue weighted by molar-refractivity contribution is 7.99. The van der Waals surface area contributed by atoms with E-state index in [1.54, 1.807) is 22.9 Å². The molecular formula is C15H22ClN3O2S. The Balaban J connectivity index is 1.81. The zero-order chi connectivity index (χ0) is 16.3. The fourth-order valence-corrected chi connectivity index (χ4v) is 3.25. The van der Waals surface area contributed by atoms with Crippen molar-refractivity contribution in [1.82, 2.24) is 14.9 Å². The number of hydrogen-bond acceptors (Lipinski definition) is 5. The van der Waals surface area contributed by atoms with Gasteiger partial charge in [-0.3, -0.25) is 0 Å². The van der Waals surface area contributed by atoms with Crippen LogP contribution in [0.15, 0.2) is 11.4 Å². The Bertz CT molecular complexity index is 548. The summed E-state index contributed by atoms with van der Waals surface area (Å²) in [5, 5.41) is 1.19. The SMILES string of the molecule is Cc1cnc(SC[C@H]2CCN(C(=O)OC(C)(C)C)C2)nc1Cl. The molecule has 22 heavy (non-hydrogen) atoms. The van der Waals surface area contributed by atoms with E-state index in [1.807, 2.05) is 27.7 Å². The van der Waals surface area contributed by atoms with Crippen molar-refractivity contribution in [2.24, 2.45) is 5.92 Å². The van der Waals surface area contributed by atoms with Gasteiger partial charge in [-0.25, -0.2) is 14.8 Å². The van der Waals surface area contributed by atoms with Gasteiger partial charge in [0.05, 0.1) is 0 Å². The maximum absolute atomic E-state index is 12.0. The molecule has 0 spiro atoms. The number of carbonyl (C=O) groups is 1. The van der Waals surface area contributed by atoms with Crippen LogP contribution in [0.2, 0.25) is 5.15 Å². The topological polar surface area (TPSA) is 55.3 Å². The average molecular weight is 344 g/mol. The largest absolute Gasteiger partial charge is 0.444 e. The number of aryl methyl sites for hydroxylation is 1. The quantitative estimate of drug-likeness (QED) is 0.475. The van der Waals surface area contributed by atoms with Crippen molar-refractivity contribution >= 4 is 29.5 Å². The maximum atomic E-state index is 12.0. The van der Waals surface area contributed by atoms with Crippen LogP contribution in [-0.4, -0.2) is 45.4 Å². The molecule has 0 unspecified atom stereocenters. The van der Waals surface area contributed by atoms with Crippen LogP contribution in [-0.2, 0) is 4.74 Å². The van der Waals surface area contributed by atoms with Crippen molar-refractivity contribution < 1.29 is 9.53 Å². The van der Waals surface area contributed by atoms with E-state index in [9.17, 15) is 4.79 Å². The molecule has 1 fully saturated rings. The minimum atomic E-state index is -0.448. The Morgan fingerprint density at radius 2 is 2.27 bits per heavy atom. The summed E-state index contributed by atoms with van der Waals surface area (Å²) in [4.78, 5) is 22.3. The zero-order valence-corrected chi connectivity index (χ0v) is 15.0. The van der Waals surface area contributed by atoms with Crippen molar-refractivity contribution in [3.63, 3.8) is 0 Å². The molecule has 1 aliphatic rings. The third-order valence-corrected chi connectivity index (χ3v) is 4.75. The molecule has 7 heteroatoms. The maximum Gasteiger partial charge on any atom is 0.410 e. The smallest absolute Gasteiger partial charge is 0.410 e. The second kappa shape index (κ2) is 7.04. The third kappa shape index (κ3) is 5.02. The summed E-state index contributed by atoms with van der Waals surface area (Å²) >= 11 is 7.58. The van der Waals surface area contributed by atoms with E-state index < -0.39 is 5.60 Å². The number of halogens is 1. The number of carbonyl (C=O) groups excluding carboxylic acids is 1. The normalized spacial score (nSPS) is 18.6. The summed E-state index contributed by atoms with van der Waals surface area (Å²) < 4.78 is 5.40. The summed E-state index contributed by atoms with van der Waals surface area (Å²) in [7, 11) is 0. The third-order valence-electron chi connectivity index (χ3n) is 3.27. The molecule has 0 aromatic carbocycles. The van der Waals surface area contributed by atoms with Crippen LogP contribution >= 0.6 is 23.4 Å². The molecule has 5 nitrogen and oxygen atoms in total. The van der Waals surface area contributed by atoms with Crippen LogP contribution < -0.4 is 0 Å². The highest BCUT2D eigenvalue weighted by Gasteiger charge is 2.29. The van der Waals surface area contributed by atoms with Gasteiger partial charge in [-0.15, -0.1) is 0 Å². The molecule has 0 bridgehead atoms. The second-order valence-electron chi connectivity index (χ2n) is 6.52. The lowest BCUT2D eigenvalue weighted by Crippen LogP contribution is -2.35. The predicted octanol–water partition coefficient (Wildman–Crippen LogP) is 3.79. The van der Waals surface area contributed by atoms with Crippen molar-refractivity contribution in [1.29, 1.82) is 0 Å². The van der Waals surface area contributed by atoms with Crippen molar-refractivity contribution in [3.05, 3.63) is 16.9 Å². The van der Waals surface area contributed by atoms with E-state index in [4.69, 9.17) is 16.3 Å². The number of ether oxygens (including phenoxy) is 1. The van der Waals surface area contributed by atoms with E-state index in [2.05, 4.69) is 9.97 Å². The summed E-state index contributed by atoms with van der Waals surface area (Å²) in [5.74, 6) is 1.31. The van der Waals surface area contributed by atoms with Crippen LogP contribution in [0, 0.1) is 12.8 Å². The van der Waals surface area contributed by atoms with Gasteiger partial charge in [-0.05, 0) is 40.0 Å². The number of amides is 1. The molecule has 1 saturated heterocycles. The van der Waals surface area contributed by atoms with Gasteiger partial charge in [0.1, 0.15) is 10.8 Å². The van der Waals surface area contributed by atoms with Gasteiger partial charge >= 0.3 is 6.09 Å². The molecule has 1 aromatic rings. The molecule has 1 atom stereocenters. The van der Waals surface area contributed by atoms with Crippen LogP contribution in [0.4, 0.5) is 4.79 Å². The molecule has 1 aromatic heterocycles. The van der Waals surface area contributed by atoms with Gasteiger partial charge in [0.2, 0.25) is 0 Å². The average Bonchev–Trinajstić information content (AvgIpc) is 2.87. The predicted molar refractivity (Wildman–Crippen MR) is 88.4 cm³/mol. The lowest BCUT2D eigenvalue weighted by Gasteiger charge is -2.24. The highest BCUT2D eigenvalue weighted by Crippen LogP contribution is 2.26. The van der Waals surface area contributed by atoms with Crippen molar-refractivity contribution in [3.8, 4) is 0 Å². The number of thioether (sulfide) groups is 1. The van der Waals surface area contributed by atoms with Crippen LogP contribution in [0.25, 0.3) is 0 Å². The monoisotopic (exact) mass is 343 g/mol. The fraction of sp³-hybridized carbons (Fsp3) is 0.667. The molecule has 0 saturated carbocycles. The Hall–Kier alpha value is -1.01. The number of aromatic nitrogens is 2. The van der Waals surface area contributed by atoms with Gasteiger partial charge in [-0.2, -0.15) is 0 Å².